The highest BCUT2D eigenvalue weighted by molar-refractivity contribution is 8.93. The number of ether oxygens (including phenoxy) is 4. The van der Waals surface area contributed by atoms with Crippen LogP contribution in [0.15, 0.2) is 18.2 Å². The van der Waals surface area contributed by atoms with E-state index in [0.29, 0.717) is 36.5 Å². The number of ketones is 1. The van der Waals surface area contributed by atoms with Gasteiger partial charge in [0.1, 0.15) is 11.6 Å². The van der Waals surface area contributed by atoms with Crippen molar-refractivity contribution in [2.24, 2.45) is 0 Å². The van der Waals surface area contributed by atoms with Gasteiger partial charge in [-0.05, 0) is 61.9 Å². The van der Waals surface area contributed by atoms with E-state index in [0.717, 1.165) is 11.1 Å². The summed E-state index contributed by atoms with van der Waals surface area (Å²) in [5.74, 6) is -0.380. The van der Waals surface area contributed by atoms with Crippen molar-refractivity contribution < 1.29 is 32.9 Å². The first-order valence-corrected chi connectivity index (χ1v) is 13.3. The molecule has 0 unspecified atom stereocenters. The van der Waals surface area contributed by atoms with Crippen molar-refractivity contribution in [2.75, 3.05) is 33.5 Å². The Morgan fingerprint density at radius 1 is 1.02 bits per heavy atom. The number of hydrogen-bond acceptors (Lipinski definition) is 7. The van der Waals surface area contributed by atoms with Gasteiger partial charge in [0.15, 0.2) is 23.1 Å². The lowest BCUT2D eigenvalue weighted by Crippen LogP contribution is -2.31. The van der Waals surface area contributed by atoms with E-state index in [4.69, 9.17) is 24.4 Å². The maximum Gasteiger partial charge on any atom is 0.306 e. The van der Waals surface area contributed by atoms with Crippen LogP contribution in [0.2, 0.25) is 0 Å². The third-order valence-corrected chi connectivity index (χ3v) is 6.51. The molecule has 10 heteroatoms. The van der Waals surface area contributed by atoms with E-state index in [1.165, 1.54) is 0 Å². The molecular formula is C30H40BrFN2O6. The summed E-state index contributed by atoms with van der Waals surface area (Å²) in [6.07, 6.45) is 0.504. The molecule has 3 rings (SSSR count). The summed E-state index contributed by atoms with van der Waals surface area (Å²) in [7, 11) is 1.57. The van der Waals surface area contributed by atoms with Crippen molar-refractivity contribution in [2.45, 2.75) is 66.3 Å². The van der Waals surface area contributed by atoms with Crippen LogP contribution < -0.4 is 14.2 Å². The number of carbonyl (C=O) groups excluding carboxylic acids is 2. The van der Waals surface area contributed by atoms with Crippen LogP contribution >= 0.6 is 17.0 Å². The van der Waals surface area contributed by atoms with E-state index in [9.17, 15) is 9.59 Å². The Morgan fingerprint density at radius 2 is 1.70 bits per heavy atom. The number of carbonyl (C=O) groups is 2. The molecule has 1 N–H and O–H groups in total. The zero-order valence-electron chi connectivity index (χ0n) is 24.4. The van der Waals surface area contributed by atoms with Crippen LogP contribution in [0.1, 0.15) is 80.6 Å². The van der Waals surface area contributed by atoms with E-state index in [1.54, 1.807) is 44.9 Å². The topological polar surface area (TPSA) is 98.2 Å². The number of esters is 1. The first-order chi connectivity index (χ1) is 18.5. The molecule has 0 saturated carbocycles. The summed E-state index contributed by atoms with van der Waals surface area (Å²) < 4.78 is 37.3. The number of methoxy groups -OCH3 is 1. The number of hydrogen-bond donors (Lipinski definition) is 1. The lowest BCUT2D eigenvalue weighted by molar-refractivity contribution is -0.143. The lowest BCUT2D eigenvalue weighted by atomic mass is 9.83. The van der Waals surface area contributed by atoms with Gasteiger partial charge in [0.2, 0.25) is 0 Å². The third-order valence-electron chi connectivity index (χ3n) is 6.51. The number of nitrogens with one attached hydrogen (secondary N) is 1. The smallest absolute Gasteiger partial charge is 0.306 e. The van der Waals surface area contributed by atoms with Crippen molar-refractivity contribution in [1.82, 2.24) is 4.90 Å². The Balaban J connectivity index is 0.00000560. The van der Waals surface area contributed by atoms with Crippen molar-refractivity contribution in [3.05, 3.63) is 51.8 Å². The Morgan fingerprint density at radius 3 is 2.27 bits per heavy atom. The molecule has 40 heavy (non-hydrogen) atoms. The molecule has 0 aromatic heterocycles. The molecule has 1 aliphatic heterocycles. The highest BCUT2D eigenvalue weighted by Crippen LogP contribution is 2.40. The Kier molecular flexibility index (Phi) is 11.5. The summed E-state index contributed by atoms with van der Waals surface area (Å²) in [5.41, 5.74) is 2.35. The SMILES string of the molecule is Br.CCOC(=O)CCc1cc(C(=O)CN2Cc3cc(OCC)c(OCC)c(F)c3C2=N)cc(C(C)(C)C)c1OC. The van der Waals surface area contributed by atoms with Crippen LogP contribution in [0.5, 0.6) is 17.2 Å². The van der Waals surface area contributed by atoms with Gasteiger partial charge in [-0.25, -0.2) is 4.39 Å². The Bertz CT molecular complexity index is 1260. The normalized spacial score (nSPS) is 12.5. The molecule has 2 aromatic carbocycles. The first-order valence-electron chi connectivity index (χ1n) is 13.3. The van der Waals surface area contributed by atoms with Gasteiger partial charge in [0, 0.05) is 24.1 Å². The molecule has 0 bridgehead atoms. The minimum Gasteiger partial charge on any atom is -0.496 e. The molecule has 0 spiro atoms. The molecular weight excluding hydrogens is 583 g/mol. The monoisotopic (exact) mass is 622 g/mol. The molecule has 220 valence electrons. The second-order valence-corrected chi connectivity index (χ2v) is 10.3. The van der Waals surface area contributed by atoms with Crippen LogP contribution in [0.4, 0.5) is 4.39 Å². The number of halogens is 2. The van der Waals surface area contributed by atoms with Crippen LogP contribution in [-0.4, -0.2) is 56.0 Å². The van der Waals surface area contributed by atoms with Gasteiger partial charge >= 0.3 is 5.97 Å². The molecule has 0 atom stereocenters. The molecule has 1 aliphatic rings. The second-order valence-electron chi connectivity index (χ2n) is 10.3. The number of Topliss-reactive ketones (excluding diaryl/α,β-unsaturated/α-hetero) is 1. The van der Waals surface area contributed by atoms with E-state index in [1.807, 2.05) is 26.8 Å². The quantitative estimate of drug-likeness (QED) is 0.228. The maximum atomic E-state index is 15.4. The Hall–Kier alpha value is -3.14. The van der Waals surface area contributed by atoms with Crippen molar-refractivity contribution in [3.8, 4) is 17.2 Å². The summed E-state index contributed by atoms with van der Waals surface area (Å²) >= 11 is 0. The zero-order valence-corrected chi connectivity index (χ0v) is 26.1. The summed E-state index contributed by atoms with van der Waals surface area (Å²) in [6, 6.07) is 5.23. The fourth-order valence-electron chi connectivity index (χ4n) is 4.73. The molecule has 2 aromatic rings. The minimum atomic E-state index is -0.654. The maximum absolute atomic E-state index is 15.4. The average Bonchev–Trinajstić information content (AvgIpc) is 3.18. The minimum absolute atomic E-state index is 0. The Labute approximate surface area is 246 Å². The molecule has 0 fully saturated rings. The van der Waals surface area contributed by atoms with Gasteiger partial charge < -0.3 is 23.8 Å². The van der Waals surface area contributed by atoms with Crippen molar-refractivity contribution >= 4 is 34.6 Å². The lowest BCUT2D eigenvalue weighted by Gasteiger charge is -2.25. The summed E-state index contributed by atoms with van der Waals surface area (Å²) in [4.78, 5) is 27.2. The predicted molar refractivity (Wildman–Crippen MR) is 157 cm³/mol. The number of nitrogens with zero attached hydrogens (tertiary/aromatic N) is 1. The highest BCUT2D eigenvalue weighted by atomic mass is 79.9. The zero-order chi connectivity index (χ0) is 28.9. The predicted octanol–water partition coefficient (Wildman–Crippen LogP) is 6.03. The van der Waals surface area contributed by atoms with Crippen LogP contribution in [0.25, 0.3) is 0 Å². The third kappa shape index (κ3) is 7.13. The van der Waals surface area contributed by atoms with Gasteiger partial charge in [-0.15, -0.1) is 17.0 Å². The number of fused-ring (bicyclic) bond motifs is 1. The first kappa shape index (κ1) is 33.1. The largest absolute Gasteiger partial charge is 0.496 e. The van der Waals surface area contributed by atoms with E-state index in [-0.39, 0.29) is 83.2 Å². The molecule has 0 radical (unpaired) electrons. The highest BCUT2D eigenvalue weighted by Gasteiger charge is 2.33. The van der Waals surface area contributed by atoms with Crippen molar-refractivity contribution in [3.63, 3.8) is 0 Å². The van der Waals surface area contributed by atoms with Gasteiger partial charge in [-0.2, -0.15) is 0 Å². The number of amidine groups is 1. The van der Waals surface area contributed by atoms with Crippen LogP contribution in [0.3, 0.4) is 0 Å². The van der Waals surface area contributed by atoms with E-state index < -0.39 is 5.82 Å². The van der Waals surface area contributed by atoms with E-state index in [2.05, 4.69) is 0 Å². The molecule has 0 aliphatic carbocycles. The molecule has 1 heterocycles. The fourth-order valence-corrected chi connectivity index (χ4v) is 4.73. The fraction of sp³-hybridized carbons (Fsp3) is 0.500. The molecule has 0 saturated heterocycles. The van der Waals surface area contributed by atoms with Gasteiger partial charge in [0.05, 0.1) is 39.0 Å². The van der Waals surface area contributed by atoms with Crippen LogP contribution in [0, 0.1) is 11.2 Å². The van der Waals surface area contributed by atoms with Crippen LogP contribution in [-0.2, 0) is 27.9 Å². The number of aryl methyl sites for hydroxylation is 1. The standard InChI is InChI=1S/C30H39FN2O6.BrH/c1-8-37-23-15-20-16-33(29(32)25(20)26(31)28(23)39-10-3)17-22(34)19-13-18(11-12-24(35)38-9-2)27(36-7)21(14-19)30(4,5)6;/h13-15,32H,8-12,16-17H2,1-7H3;1H. The average molecular weight is 624 g/mol. The van der Waals surface area contributed by atoms with Gasteiger partial charge in [0.25, 0.3) is 0 Å². The van der Waals surface area contributed by atoms with Crippen molar-refractivity contribution in [1.29, 1.82) is 5.41 Å². The second kappa shape index (κ2) is 14.0. The number of rotatable bonds is 12. The summed E-state index contributed by atoms with van der Waals surface area (Å²) in [5, 5.41) is 8.65. The molecule has 0 amide bonds. The molecule has 8 nitrogen and oxygen atoms in total. The summed E-state index contributed by atoms with van der Waals surface area (Å²) in [6.45, 7) is 12.3. The number of benzene rings is 2. The van der Waals surface area contributed by atoms with Gasteiger partial charge in [-0.3, -0.25) is 15.0 Å². The van der Waals surface area contributed by atoms with E-state index >= 15 is 4.39 Å². The van der Waals surface area contributed by atoms with Gasteiger partial charge in [-0.1, -0.05) is 20.8 Å².